The van der Waals surface area contributed by atoms with Crippen molar-refractivity contribution < 1.29 is 9.84 Å². The second-order valence-corrected chi connectivity index (χ2v) is 6.47. The molecule has 1 saturated carbocycles. The van der Waals surface area contributed by atoms with Gasteiger partial charge in [0.2, 0.25) is 0 Å². The van der Waals surface area contributed by atoms with Gasteiger partial charge in [0.25, 0.3) is 0 Å². The number of hydrogen-bond donors (Lipinski definition) is 1. The van der Waals surface area contributed by atoms with Crippen LogP contribution >= 0.6 is 0 Å². The molecule has 0 aromatic heterocycles. The van der Waals surface area contributed by atoms with Crippen molar-refractivity contribution >= 4 is 0 Å². The highest BCUT2D eigenvalue weighted by atomic mass is 16.5. The zero-order valence-electron chi connectivity index (χ0n) is 12.7. The van der Waals surface area contributed by atoms with Gasteiger partial charge in [-0.15, -0.1) is 0 Å². The lowest BCUT2D eigenvalue weighted by Gasteiger charge is -2.39. The van der Waals surface area contributed by atoms with Crippen molar-refractivity contribution in [2.24, 2.45) is 17.8 Å². The predicted molar refractivity (Wildman–Crippen MR) is 75.6 cm³/mol. The first-order valence-electron chi connectivity index (χ1n) is 7.38. The Morgan fingerprint density at radius 1 is 1.28 bits per heavy atom. The molecule has 1 fully saturated rings. The standard InChI is InChI=1S/C15H31NO2/c1-11(2)18-7-6-16(5)10-14-13(4)8-12(3)9-15(14)17/h11-15,17H,6-10H2,1-5H3. The Morgan fingerprint density at radius 3 is 2.50 bits per heavy atom. The lowest BCUT2D eigenvalue weighted by molar-refractivity contribution is -0.00503. The minimum atomic E-state index is -0.128. The molecule has 4 atom stereocenters. The molecule has 0 bridgehead atoms. The second kappa shape index (κ2) is 7.46. The van der Waals surface area contributed by atoms with Crippen molar-refractivity contribution in [2.75, 3.05) is 26.7 Å². The zero-order valence-corrected chi connectivity index (χ0v) is 12.7. The van der Waals surface area contributed by atoms with Crippen LogP contribution in [0, 0.1) is 17.8 Å². The highest BCUT2D eigenvalue weighted by molar-refractivity contribution is 4.84. The lowest BCUT2D eigenvalue weighted by Crippen LogP contribution is -2.42. The third kappa shape index (κ3) is 5.25. The van der Waals surface area contributed by atoms with Crippen molar-refractivity contribution in [1.29, 1.82) is 0 Å². The van der Waals surface area contributed by atoms with Crippen LogP contribution in [0.2, 0.25) is 0 Å². The second-order valence-electron chi connectivity index (χ2n) is 6.47. The van der Waals surface area contributed by atoms with E-state index < -0.39 is 0 Å². The van der Waals surface area contributed by atoms with E-state index in [0.717, 1.165) is 26.1 Å². The quantitative estimate of drug-likeness (QED) is 0.793. The number of nitrogens with zero attached hydrogens (tertiary/aromatic N) is 1. The molecule has 3 nitrogen and oxygen atoms in total. The molecule has 0 amide bonds. The van der Waals surface area contributed by atoms with Crippen molar-refractivity contribution in [3.05, 3.63) is 0 Å². The molecular formula is C15H31NO2. The van der Waals surface area contributed by atoms with E-state index in [-0.39, 0.29) is 6.10 Å². The highest BCUT2D eigenvalue weighted by Gasteiger charge is 2.33. The molecule has 108 valence electrons. The molecule has 0 aromatic carbocycles. The Bertz CT molecular complexity index is 221. The van der Waals surface area contributed by atoms with Crippen LogP contribution in [-0.2, 0) is 4.74 Å². The van der Waals surface area contributed by atoms with Crippen LogP contribution in [-0.4, -0.2) is 49.0 Å². The Hall–Kier alpha value is -0.120. The van der Waals surface area contributed by atoms with E-state index in [2.05, 4.69) is 39.6 Å². The summed E-state index contributed by atoms with van der Waals surface area (Å²) in [6, 6.07) is 0. The van der Waals surface area contributed by atoms with Gasteiger partial charge in [-0.1, -0.05) is 13.8 Å². The van der Waals surface area contributed by atoms with Crippen LogP contribution in [0.15, 0.2) is 0 Å². The van der Waals surface area contributed by atoms with Crippen LogP contribution in [0.3, 0.4) is 0 Å². The molecule has 1 N–H and O–H groups in total. The zero-order chi connectivity index (χ0) is 13.7. The molecule has 0 radical (unpaired) electrons. The summed E-state index contributed by atoms with van der Waals surface area (Å²) in [4.78, 5) is 2.29. The van der Waals surface area contributed by atoms with Crippen LogP contribution in [0.25, 0.3) is 0 Å². The number of likely N-dealkylation sites (N-methyl/N-ethyl adjacent to an activating group) is 1. The first-order valence-corrected chi connectivity index (χ1v) is 7.38. The molecule has 3 heteroatoms. The normalized spacial score (nSPS) is 33.3. The number of aliphatic hydroxyl groups excluding tert-OH is 1. The molecule has 0 saturated heterocycles. The summed E-state index contributed by atoms with van der Waals surface area (Å²) in [6.45, 7) is 11.4. The number of aliphatic hydroxyl groups is 1. The first-order chi connectivity index (χ1) is 8.40. The van der Waals surface area contributed by atoms with E-state index in [4.69, 9.17) is 4.74 Å². The summed E-state index contributed by atoms with van der Waals surface area (Å²) in [5, 5.41) is 10.2. The first kappa shape index (κ1) is 15.9. The monoisotopic (exact) mass is 257 g/mol. The predicted octanol–water partition coefficient (Wildman–Crippen LogP) is 2.39. The fourth-order valence-electron chi connectivity index (χ4n) is 3.07. The Labute approximate surface area is 113 Å². The largest absolute Gasteiger partial charge is 0.393 e. The van der Waals surface area contributed by atoms with E-state index in [1.165, 1.54) is 6.42 Å². The minimum absolute atomic E-state index is 0.128. The third-order valence-corrected chi connectivity index (χ3v) is 4.09. The van der Waals surface area contributed by atoms with Gasteiger partial charge in [0.15, 0.2) is 0 Å². The summed E-state index contributed by atoms with van der Waals surface area (Å²) in [7, 11) is 2.13. The number of rotatable bonds is 6. The van der Waals surface area contributed by atoms with E-state index in [1.807, 2.05) is 0 Å². The molecule has 1 aliphatic carbocycles. The maximum Gasteiger partial charge on any atom is 0.0596 e. The molecule has 18 heavy (non-hydrogen) atoms. The van der Waals surface area contributed by atoms with Gasteiger partial charge in [-0.3, -0.25) is 0 Å². The summed E-state index contributed by atoms with van der Waals surface area (Å²) in [6.07, 6.45) is 2.39. The molecule has 4 unspecified atom stereocenters. The Balaban J connectivity index is 2.31. The van der Waals surface area contributed by atoms with Gasteiger partial charge < -0.3 is 14.7 Å². The Kier molecular flexibility index (Phi) is 6.61. The summed E-state index contributed by atoms with van der Waals surface area (Å²) in [5.74, 6) is 1.71. The highest BCUT2D eigenvalue weighted by Crippen LogP contribution is 2.34. The van der Waals surface area contributed by atoms with Gasteiger partial charge in [0, 0.05) is 19.0 Å². The maximum absolute atomic E-state index is 10.2. The van der Waals surface area contributed by atoms with Crippen LogP contribution < -0.4 is 0 Å². The average molecular weight is 257 g/mol. The summed E-state index contributed by atoms with van der Waals surface area (Å²) >= 11 is 0. The van der Waals surface area contributed by atoms with Crippen LogP contribution in [0.4, 0.5) is 0 Å². The fourth-order valence-corrected chi connectivity index (χ4v) is 3.07. The number of hydrogen-bond acceptors (Lipinski definition) is 3. The van der Waals surface area contributed by atoms with E-state index >= 15 is 0 Å². The molecule has 0 spiro atoms. The fraction of sp³-hybridized carbons (Fsp3) is 1.00. The lowest BCUT2D eigenvalue weighted by atomic mass is 9.73. The van der Waals surface area contributed by atoms with E-state index in [1.54, 1.807) is 0 Å². The van der Waals surface area contributed by atoms with Crippen molar-refractivity contribution in [2.45, 2.75) is 52.7 Å². The van der Waals surface area contributed by atoms with Crippen LogP contribution in [0.5, 0.6) is 0 Å². The van der Waals surface area contributed by atoms with Gasteiger partial charge in [-0.25, -0.2) is 0 Å². The molecule has 1 rings (SSSR count). The third-order valence-electron chi connectivity index (χ3n) is 4.09. The van der Waals surface area contributed by atoms with Gasteiger partial charge in [0.1, 0.15) is 0 Å². The SMILES string of the molecule is CC1CC(C)C(CN(C)CCOC(C)C)C(O)C1. The topological polar surface area (TPSA) is 32.7 Å². The molecule has 1 aliphatic rings. The van der Waals surface area contributed by atoms with Crippen molar-refractivity contribution in [3.8, 4) is 0 Å². The van der Waals surface area contributed by atoms with Crippen LogP contribution in [0.1, 0.15) is 40.5 Å². The van der Waals surface area contributed by atoms with Gasteiger partial charge in [0.05, 0.1) is 18.8 Å². The van der Waals surface area contributed by atoms with Crippen molar-refractivity contribution in [1.82, 2.24) is 4.90 Å². The molecule has 0 aromatic rings. The van der Waals surface area contributed by atoms with Gasteiger partial charge in [-0.2, -0.15) is 0 Å². The van der Waals surface area contributed by atoms with Crippen molar-refractivity contribution in [3.63, 3.8) is 0 Å². The van der Waals surface area contributed by atoms with E-state index in [9.17, 15) is 5.11 Å². The minimum Gasteiger partial charge on any atom is -0.393 e. The average Bonchev–Trinajstić information content (AvgIpc) is 2.22. The summed E-state index contributed by atoms with van der Waals surface area (Å²) < 4.78 is 5.57. The summed E-state index contributed by atoms with van der Waals surface area (Å²) in [5.41, 5.74) is 0. The Morgan fingerprint density at radius 2 is 1.94 bits per heavy atom. The number of ether oxygens (including phenoxy) is 1. The molecule has 0 aliphatic heterocycles. The molecule has 0 heterocycles. The maximum atomic E-state index is 10.2. The van der Waals surface area contributed by atoms with Gasteiger partial charge >= 0.3 is 0 Å². The smallest absolute Gasteiger partial charge is 0.0596 e. The van der Waals surface area contributed by atoms with Gasteiger partial charge in [-0.05, 0) is 45.6 Å². The molecular weight excluding hydrogens is 226 g/mol. The van der Waals surface area contributed by atoms with E-state index in [0.29, 0.717) is 23.9 Å².